The van der Waals surface area contributed by atoms with E-state index in [9.17, 15) is 24.3 Å². The highest BCUT2D eigenvalue weighted by Gasteiger charge is 2.27. The predicted octanol–water partition coefficient (Wildman–Crippen LogP) is -0.932. The maximum atomic E-state index is 12.5. The van der Waals surface area contributed by atoms with Gasteiger partial charge in [0.2, 0.25) is 17.7 Å². The summed E-state index contributed by atoms with van der Waals surface area (Å²) < 4.78 is 0. The Morgan fingerprint density at radius 2 is 1.43 bits per heavy atom. The summed E-state index contributed by atoms with van der Waals surface area (Å²) in [6.45, 7) is 7.11. The number of carbonyl (C=O) groups excluding carboxylic acids is 3. The lowest BCUT2D eigenvalue weighted by molar-refractivity contribution is -0.142. The number of hydrogen-bond acceptors (Lipinski definition) is 6. The van der Waals surface area contributed by atoms with Gasteiger partial charge in [-0.05, 0) is 52.0 Å². The van der Waals surface area contributed by atoms with Crippen molar-refractivity contribution in [2.24, 2.45) is 17.4 Å². The maximum Gasteiger partial charge on any atom is 0.326 e. The first-order chi connectivity index (χ1) is 13.0. The lowest BCUT2D eigenvalue weighted by Crippen LogP contribution is -2.56. The van der Waals surface area contributed by atoms with Gasteiger partial charge in [0, 0.05) is 0 Å². The van der Waals surface area contributed by atoms with Gasteiger partial charge >= 0.3 is 5.97 Å². The lowest BCUT2D eigenvalue weighted by atomic mass is 10.0. The highest BCUT2D eigenvalue weighted by Crippen LogP contribution is 2.06. The second-order valence-electron chi connectivity index (χ2n) is 7.39. The van der Waals surface area contributed by atoms with Crippen LogP contribution in [-0.4, -0.2) is 59.5 Å². The molecule has 3 amide bonds. The van der Waals surface area contributed by atoms with E-state index in [1.807, 2.05) is 13.8 Å². The van der Waals surface area contributed by atoms with Gasteiger partial charge < -0.3 is 32.5 Å². The smallest absolute Gasteiger partial charge is 0.326 e. The molecule has 28 heavy (non-hydrogen) atoms. The number of carboxylic acids is 1. The van der Waals surface area contributed by atoms with Crippen LogP contribution in [0.2, 0.25) is 0 Å². The Balaban J connectivity index is 4.93. The van der Waals surface area contributed by atoms with E-state index in [2.05, 4.69) is 16.0 Å². The largest absolute Gasteiger partial charge is 0.480 e. The Morgan fingerprint density at radius 1 is 0.857 bits per heavy atom. The molecule has 8 N–H and O–H groups in total. The van der Waals surface area contributed by atoms with Gasteiger partial charge in [0.1, 0.15) is 18.1 Å². The zero-order valence-corrected chi connectivity index (χ0v) is 17.2. The summed E-state index contributed by atoms with van der Waals surface area (Å²) in [4.78, 5) is 47.9. The molecule has 0 rings (SSSR count). The Morgan fingerprint density at radius 3 is 1.89 bits per heavy atom. The first-order valence-corrected chi connectivity index (χ1v) is 9.59. The van der Waals surface area contributed by atoms with Crippen molar-refractivity contribution in [3.8, 4) is 0 Å². The van der Waals surface area contributed by atoms with Crippen molar-refractivity contribution in [1.29, 1.82) is 0 Å². The van der Waals surface area contributed by atoms with Crippen LogP contribution in [0.15, 0.2) is 0 Å². The molecule has 10 heteroatoms. The van der Waals surface area contributed by atoms with Crippen molar-refractivity contribution in [1.82, 2.24) is 16.0 Å². The van der Waals surface area contributed by atoms with Crippen LogP contribution in [-0.2, 0) is 19.2 Å². The number of carboxylic acid groups (broad SMARTS) is 1. The molecule has 0 fully saturated rings. The average molecular weight is 402 g/mol. The van der Waals surface area contributed by atoms with Crippen molar-refractivity contribution in [3.05, 3.63) is 0 Å². The zero-order valence-electron chi connectivity index (χ0n) is 17.2. The normalized spacial score (nSPS) is 15.2. The van der Waals surface area contributed by atoms with Crippen LogP contribution in [0, 0.1) is 5.92 Å². The van der Waals surface area contributed by atoms with E-state index in [0.717, 1.165) is 0 Å². The molecule has 4 unspecified atom stereocenters. The molecule has 0 radical (unpaired) electrons. The third-order valence-electron chi connectivity index (χ3n) is 4.07. The van der Waals surface area contributed by atoms with Gasteiger partial charge in [-0.1, -0.05) is 13.8 Å². The van der Waals surface area contributed by atoms with Gasteiger partial charge in [-0.25, -0.2) is 4.79 Å². The van der Waals surface area contributed by atoms with Crippen molar-refractivity contribution in [2.75, 3.05) is 6.54 Å². The number of nitrogens with one attached hydrogen (secondary N) is 3. The molecule has 162 valence electrons. The number of amides is 3. The van der Waals surface area contributed by atoms with E-state index < -0.39 is 47.9 Å². The predicted molar refractivity (Wildman–Crippen MR) is 105 cm³/mol. The molecule has 0 aromatic heterocycles. The zero-order chi connectivity index (χ0) is 21.9. The van der Waals surface area contributed by atoms with Crippen molar-refractivity contribution < 1.29 is 24.3 Å². The minimum Gasteiger partial charge on any atom is -0.480 e. The number of aliphatic carboxylic acids is 1. The molecule has 0 aliphatic rings. The molecule has 0 aliphatic heterocycles. The van der Waals surface area contributed by atoms with Gasteiger partial charge in [0.25, 0.3) is 0 Å². The van der Waals surface area contributed by atoms with Crippen molar-refractivity contribution in [2.45, 2.75) is 77.5 Å². The van der Waals surface area contributed by atoms with E-state index in [0.29, 0.717) is 25.8 Å². The van der Waals surface area contributed by atoms with E-state index in [1.54, 1.807) is 0 Å². The van der Waals surface area contributed by atoms with Crippen molar-refractivity contribution >= 4 is 23.7 Å². The SMILES string of the molecule is CC(C)CC(NC(=O)C(C)NC(=O)C(CCCCN)NC(=O)C(C)N)C(=O)O. The first-order valence-electron chi connectivity index (χ1n) is 9.59. The Labute approximate surface area is 166 Å². The van der Waals surface area contributed by atoms with Gasteiger partial charge in [-0.15, -0.1) is 0 Å². The van der Waals surface area contributed by atoms with Crippen LogP contribution in [0.1, 0.15) is 53.4 Å². The molecule has 0 saturated heterocycles. The Kier molecular flexibility index (Phi) is 12.0. The highest BCUT2D eigenvalue weighted by molar-refractivity contribution is 5.93. The molecule has 0 saturated carbocycles. The minimum absolute atomic E-state index is 0.0756. The second kappa shape index (κ2) is 13.1. The van der Waals surface area contributed by atoms with Gasteiger partial charge in [0.05, 0.1) is 6.04 Å². The number of carbonyl (C=O) groups is 4. The molecular weight excluding hydrogens is 366 g/mol. The van der Waals surface area contributed by atoms with Crippen LogP contribution in [0.3, 0.4) is 0 Å². The fourth-order valence-electron chi connectivity index (χ4n) is 2.43. The minimum atomic E-state index is -1.13. The summed E-state index contributed by atoms with van der Waals surface area (Å²) >= 11 is 0. The first kappa shape index (κ1) is 25.8. The Hall–Kier alpha value is -2.20. The summed E-state index contributed by atoms with van der Waals surface area (Å²) in [7, 11) is 0. The average Bonchev–Trinajstić information content (AvgIpc) is 2.59. The maximum absolute atomic E-state index is 12.5. The molecule has 0 aromatic carbocycles. The quantitative estimate of drug-likeness (QED) is 0.216. The van der Waals surface area contributed by atoms with Crippen LogP contribution in [0.25, 0.3) is 0 Å². The molecular formula is C18H35N5O5. The summed E-state index contributed by atoms with van der Waals surface area (Å²) in [6, 6.07) is -3.64. The summed E-state index contributed by atoms with van der Waals surface area (Å²) in [5.74, 6) is -2.69. The molecule has 0 heterocycles. The van der Waals surface area contributed by atoms with Crippen LogP contribution in [0.5, 0.6) is 0 Å². The van der Waals surface area contributed by atoms with Crippen LogP contribution in [0.4, 0.5) is 0 Å². The second-order valence-corrected chi connectivity index (χ2v) is 7.39. The van der Waals surface area contributed by atoms with Crippen LogP contribution < -0.4 is 27.4 Å². The highest BCUT2D eigenvalue weighted by atomic mass is 16.4. The fourth-order valence-corrected chi connectivity index (χ4v) is 2.43. The number of unbranched alkanes of at least 4 members (excludes halogenated alkanes) is 1. The van der Waals surface area contributed by atoms with Gasteiger partial charge in [-0.3, -0.25) is 14.4 Å². The van der Waals surface area contributed by atoms with Gasteiger partial charge in [0.15, 0.2) is 0 Å². The number of hydrogen-bond donors (Lipinski definition) is 6. The van der Waals surface area contributed by atoms with E-state index in [4.69, 9.17) is 11.5 Å². The molecule has 4 atom stereocenters. The molecule has 0 bridgehead atoms. The van der Waals surface area contributed by atoms with E-state index in [-0.39, 0.29) is 12.3 Å². The van der Waals surface area contributed by atoms with Crippen molar-refractivity contribution in [3.63, 3.8) is 0 Å². The molecule has 10 nitrogen and oxygen atoms in total. The van der Waals surface area contributed by atoms with E-state index >= 15 is 0 Å². The summed E-state index contributed by atoms with van der Waals surface area (Å²) in [6.07, 6.45) is 1.92. The number of rotatable bonds is 13. The summed E-state index contributed by atoms with van der Waals surface area (Å²) in [5.41, 5.74) is 11.0. The lowest BCUT2D eigenvalue weighted by Gasteiger charge is -2.23. The third-order valence-corrected chi connectivity index (χ3v) is 4.07. The monoisotopic (exact) mass is 401 g/mol. The molecule has 0 aromatic rings. The molecule has 0 spiro atoms. The van der Waals surface area contributed by atoms with E-state index in [1.165, 1.54) is 13.8 Å². The third kappa shape index (κ3) is 10.2. The Bertz CT molecular complexity index is 538. The number of nitrogens with two attached hydrogens (primary N) is 2. The standard InChI is InChI=1S/C18H35N5O5/c1-10(2)9-14(18(27)28)23-16(25)12(4)21-17(26)13(7-5-6-8-19)22-15(24)11(3)20/h10-14H,5-9,19-20H2,1-4H3,(H,21,26)(H,22,24)(H,23,25)(H,27,28). The topological polar surface area (TPSA) is 177 Å². The van der Waals surface area contributed by atoms with Crippen LogP contribution >= 0.6 is 0 Å². The summed E-state index contributed by atoms with van der Waals surface area (Å²) in [5, 5.41) is 16.7. The van der Waals surface area contributed by atoms with Gasteiger partial charge in [-0.2, -0.15) is 0 Å². The molecule has 0 aliphatic carbocycles. The fraction of sp³-hybridized carbons (Fsp3) is 0.778.